The number of fused-ring (bicyclic) bond motifs is 3. The highest BCUT2D eigenvalue weighted by molar-refractivity contribution is 6.03. The molecule has 2 N–H and O–H groups in total. The highest BCUT2D eigenvalue weighted by atomic mass is 16.2. The molecule has 3 amide bonds. The molecule has 2 aliphatic heterocycles. The smallest absolute Gasteiger partial charge is 0.316 e. The Hall–Kier alpha value is -2.40. The average molecular weight is 309 g/mol. The van der Waals surface area contributed by atoms with Crippen molar-refractivity contribution in [1.29, 1.82) is 0 Å². The SMILES string of the molecule is O=C(Nc1ccc2ccccc2c1)N1CC2CNCC(C2)C1=O. The van der Waals surface area contributed by atoms with Crippen molar-refractivity contribution in [2.45, 2.75) is 6.42 Å². The third-order valence-corrected chi connectivity index (χ3v) is 4.74. The van der Waals surface area contributed by atoms with Crippen molar-refractivity contribution in [3.8, 4) is 0 Å². The zero-order valence-corrected chi connectivity index (χ0v) is 12.8. The van der Waals surface area contributed by atoms with Gasteiger partial charge in [-0.15, -0.1) is 0 Å². The maximum Gasteiger partial charge on any atom is 0.328 e. The number of hydrogen-bond acceptors (Lipinski definition) is 3. The third kappa shape index (κ3) is 2.68. The van der Waals surface area contributed by atoms with E-state index in [-0.39, 0.29) is 17.9 Å². The highest BCUT2D eigenvalue weighted by Crippen LogP contribution is 2.26. The molecule has 2 aromatic rings. The van der Waals surface area contributed by atoms with Crippen LogP contribution in [-0.2, 0) is 4.79 Å². The zero-order chi connectivity index (χ0) is 15.8. The fourth-order valence-corrected chi connectivity index (χ4v) is 3.57. The molecule has 5 heteroatoms. The molecule has 118 valence electrons. The van der Waals surface area contributed by atoms with E-state index in [2.05, 4.69) is 10.6 Å². The Kier molecular flexibility index (Phi) is 3.50. The van der Waals surface area contributed by atoms with E-state index < -0.39 is 0 Å². The Morgan fingerprint density at radius 3 is 2.83 bits per heavy atom. The molecule has 0 aromatic heterocycles. The normalized spacial score (nSPS) is 23.8. The number of rotatable bonds is 1. The first-order chi connectivity index (χ1) is 11.2. The van der Waals surface area contributed by atoms with E-state index in [0.29, 0.717) is 19.0 Å². The van der Waals surface area contributed by atoms with Crippen LogP contribution in [0.1, 0.15) is 6.42 Å². The van der Waals surface area contributed by atoms with Gasteiger partial charge in [-0.05, 0) is 41.8 Å². The fourth-order valence-electron chi connectivity index (χ4n) is 3.57. The van der Waals surface area contributed by atoms with Crippen molar-refractivity contribution in [1.82, 2.24) is 10.2 Å². The van der Waals surface area contributed by atoms with Gasteiger partial charge in [0.25, 0.3) is 0 Å². The topological polar surface area (TPSA) is 61.4 Å². The van der Waals surface area contributed by atoms with Crippen LogP contribution in [0, 0.1) is 11.8 Å². The second kappa shape index (κ2) is 5.66. The summed E-state index contributed by atoms with van der Waals surface area (Å²) in [5.74, 6) is 0.241. The molecule has 0 saturated carbocycles. The van der Waals surface area contributed by atoms with Gasteiger partial charge in [0.15, 0.2) is 0 Å². The number of amides is 3. The quantitative estimate of drug-likeness (QED) is 0.850. The number of hydrogen-bond donors (Lipinski definition) is 2. The second-order valence-corrected chi connectivity index (χ2v) is 6.40. The number of piperidine rings is 2. The highest BCUT2D eigenvalue weighted by Gasteiger charge is 2.39. The molecule has 0 radical (unpaired) electrons. The van der Waals surface area contributed by atoms with Crippen molar-refractivity contribution in [2.75, 3.05) is 25.0 Å². The first-order valence-corrected chi connectivity index (χ1v) is 8.02. The lowest BCUT2D eigenvalue weighted by Crippen LogP contribution is -2.57. The third-order valence-electron chi connectivity index (χ3n) is 4.74. The van der Waals surface area contributed by atoms with Crippen LogP contribution in [0.2, 0.25) is 0 Å². The van der Waals surface area contributed by atoms with Crippen molar-refractivity contribution in [2.24, 2.45) is 11.8 Å². The number of urea groups is 1. The molecule has 2 atom stereocenters. The van der Waals surface area contributed by atoms with Crippen LogP contribution in [0.25, 0.3) is 10.8 Å². The lowest BCUT2D eigenvalue weighted by atomic mass is 9.85. The Morgan fingerprint density at radius 1 is 1.13 bits per heavy atom. The summed E-state index contributed by atoms with van der Waals surface area (Å²) in [6.07, 6.45) is 0.894. The van der Waals surface area contributed by atoms with E-state index >= 15 is 0 Å². The molecule has 2 aromatic carbocycles. The summed E-state index contributed by atoms with van der Waals surface area (Å²) in [7, 11) is 0. The molecular formula is C18H19N3O2. The van der Waals surface area contributed by atoms with Gasteiger partial charge in [-0.2, -0.15) is 0 Å². The number of likely N-dealkylation sites (tertiary alicyclic amines) is 1. The number of nitrogens with one attached hydrogen (secondary N) is 2. The molecular weight excluding hydrogens is 290 g/mol. The van der Waals surface area contributed by atoms with Crippen LogP contribution in [0.5, 0.6) is 0 Å². The molecule has 2 aliphatic rings. The van der Waals surface area contributed by atoms with Gasteiger partial charge >= 0.3 is 6.03 Å². The van der Waals surface area contributed by atoms with E-state index in [4.69, 9.17) is 0 Å². The first-order valence-electron chi connectivity index (χ1n) is 8.02. The molecule has 2 heterocycles. The summed E-state index contributed by atoms with van der Waals surface area (Å²) in [5.41, 5.74) is 0.718. The number of carbonyl (C=O) groups is 2. The predicted molar refractivity (Wildman–Crippen MR) is 89.1 cm³/mol. The Bertz CT molecular complexity index is 774. The first kappa shape index (κ1) is 14.2. The van der Waals surface area contributed by atoms with Gasteiger partial charge in [-0.3, -0.25) is 9.69 Å². The van der Waals surface area contributed by atoms with Crippen LogP contribution in [0.4, 0.5) is 10.5 Å². The number of carbonyl (C=O) groups excluding carboxylic acids is 2. The van der Waals surface area contributed by atoms with Crippen LogP contribution >= 0.6 is 0 Å². The van der Waals surface area contributed by atoms with Crippen LogP contribution < -0.4 is 10.6 Å². The monoisotopic (exact) mass is 309 g/mol. The van der Waals surface area contributed by atoms with Crippen molar-refractivity contribution >= 4 is 28.4 Å². The lowest BCUT2D eigenvalue weighted by molar-refractivity contribution is -0.137. The summed E-state index contributed by atoms with van der Waals surface area (Å²) < 4.78 is 0. The summed E-state index contributed by atoms with van der Waals surface area (Å²) in [5, 5.41) is 8.33. The van der Waals surface area contributed by atoms with Crippen molar-refractivity contribution < 1.29 is 9.59 Å². The van der Waals surface area contributed by atoms with Crippen LogP contribution in [0.15, 0.2) is 42.5 Å². The van der Waals surface area contributed by atoms with E-state index in [1.165, 1.54) is 4.90 Å². The molecule has 4 rings (SSSR count). The fraction of sp³-hybridized carbons (Fsp3) is 0.333. The zero-order valence-electron chi connectivity index (χ0n) is 12.8. The van der Waals surface area contributed by atoms with E-state index in [1.807, 2.05) is 42.5 Å². The minimum Gasteiger partial charge on any atom is -0.316 e. The van der Waals surface area contributed by atoms with E-state index in [0.717, 1.165) is 29.4 Å². The Balaban J connectivity index is 1.53. The predicted octanol–water partition coefficient (Wildman–Crippen LogP) is 2.44. The van der Waals surface area contributed by atoms with Gasteiger partial charge in [0, 0.05) is 18.8 Å². The van der Waals surface area contributed by atoms with Crippen molar-refractivity contribution in [3.05, 3.63) is 42.5 Å². The molecule has 2 bridgehead atoms. The average Bonchev–Trinajstić information content (AvgIpc) is 2.58. The number of benzene rings is 2. The number of nitrogens with zero attached hydrogens (tertiary/aromatic N) is 1. The molecule has 2 saturated heterocycles. The van der Waals surface area contributed by atoms with E-state index in [1.54, 1.807) is 0 Å². The minimum absolute atomic E-state index is 0.0632. The van der Waals surface area contributed by atoms with Crippen molar-refractivity contribution in [3.63, 3.8) is 0 Å². The number of anilines is 1. The summed E-state index contributed by atoms with van der Waals surface area (Å²) in [4.78, 5) is 26.3. The molecule has 0 spiro atoms. The second-order valence-electron chi connectivity index (χ2n) is 6.40. The number of imide groups is 1. The largest absolute Gasteiger partial charge is 0.328 e. The summed E-state index contributed by atoms with van der Waals surface area (Å²) in [6.45, 7) is 2.06. The Morgan fingerprint density at radius 2 is 1.96 bits per heavy atom. The van der Waals surface area contributed by atoms with Gasteiger partial charge in [0.2, 0.25) is 5.91 Å². The van der Waals surface area contributed by atoms with Gasteiger partial charge in [0.1, 0.15) is 0 Å². The molecule has 2 unspecified atom stereocenters. The van der Waals surface area contributed by atoms with Gasteiger partial charge < -0.3 is 10.6 Å². The standard InChI is InChI=1S/C18H19N3O2/c22-17-15-7-12(9-19-10-15)11-21(17)18(23)20-16-6-5-13-3-1-2-4-14(13)8-16/h1-6,8,12,15,19H,7,9-11H2,(H,20,23). The van der Waals surface area contributed by atoms with E-state index in [9.17, 15) is 9.59 Å². The Labute approximate surface area is 134 Å². The van der Waals surface area contributed by atoms with Gasteiger partial charge in [0.05, 0.1) is 5.92 Å². The maximum absolute atomic E-state index is 12.5. The summed E-state index contributed by atoms with van der Waals surface area (Å²) in [6, 6.07) is 13.5. The summed E-state index contributed by atoms with van der Waals surface area (Å²) >= 11 is 0. The maximum atomic E-state index is 12.5. The van der Waals surface area contributed by atoms with Crippen LogP contribution in [-0.4, -0.2) is 36.5 Å². The molecule has 23 heavy (non-hydrogen) atoms. The molecule has 2 fully saturated rings. The van der Waals surface area contributed by atoms with Crippen LogP contribution in [0.3, 0.4) is 0 Å². The van der Waals surface area contributed by atoms with Gasteiger partial charge in [-0.1, -0.05) is 30.3 Å². The molecule has 0 aliphatic carbocycles. The lowest BCUT2D eigenvalue weighted by Gasteiger charge is -2.39. The minimum atomic E-state index is -0.318. The molecule has 5 nitrogen and oxygen atoms in total. The van der Waals surface area contributed by atoms with Gasteiger partial charge in [-0.25, -0.2) is 4.79 Å².